The maximum absolute atomic E-state index is 12.2. The second-order valence-corrected chi connectivity index (χ2v) is 11.6. The Hall–Kier alpha value is -2.69. The molecule has 0 radical (unpaired) electrons. The predicted molar refractivity (Wildman–Crippen MR) is 149 cm³/mol. The molecule has 1 saturated heterocycles. The van der Waals surface area contributed by atoms with E-state index in [2.05, 4.69) is 29.7 Å². The summed E-state index contributed by atoms with van der Waals surface area (Å²) in [5, 5.41) is 0.424. The third kappa shape index (κ3) is 6.65. The summed E-state index contributed by atoms with van der Waals surface area (Å²) in [6.45, 7) is 15.8. The quantitative estimate of drug-likeness (QED) is 0.392. The summed E-state index contributed by atoms with van der Waals surface area (Å²) in [5.74, 6) is 1.84. The second kappa shape index (κ2) is 11.6. The van der Waals surface area contributed by atoms with Gasteiger partial charge in [-0.1, -0.05) is 11.6 Å². The topological polar surface area (TPSA) is 110 Å². The Morgan fingerprint density at radius 2 is 1.84 bits per heavy atom. The van der Waals surface area contributed by atoms with Crippen LogP contribution in [0.2, 0.25) is 5.15 Å². The van der Waals surface area contributed by atoms with Crippen LogP contribution < -0.4 is 15.4 Å². The van der Waals surface area contributed by atoms with Crippen molar-refractivity contribution in [3.05, 3.63) is 33.7 Å². The van der Waals surface area contributed by atoms with Crippen LogP contribution in [0.4, 0.5) is 11.8 Å². The maximum Gasteiger partial charge on any atom is 0.320 e. The van der Waals surface area contributed by atoms with E-state index in [1.165, 1.54) is 0 Å². The molecule has 11 heteroatoms. The summed E-state index contributed by atoms with van der Waals surface area (Å²) in [6.07, 6.45) is 2.77. The number of methoxy groups -OCH3 is 1. The van der Waals surface area contributed by atoms with Crippen LogP contribution in [-0.2, 0) is 16.1 Å². The number of pyridine rings is 1. The lowest BCUT2D eigenvalue weighted by Gasteiger charge is -2.35. The normalized spacial score (nSPS) is 18.5. The monoisotopic (exact) mass is 545 g/mol. The first-order chi connectivity index (χ1) is 17.9. The smallest absolute Gasteiger partial charge is 0.320 e. The average molecular weight is 546 g/mol. The van der Waals surface area contributed by atoms with Crippen LogP contribution in [0.1, 0.15) is 55.5 Å². The molecule has 0 aromatic carbocycles. The van der Waals surface area contributed by atoms with Gasteiger partial charge in [0.15, 0.2) is 0 Å². The Labute approximate surface area is 230 Å². The lowest BCUT2D eigenvalue weighted by atomic mass is 10.00. The van der Waals surface area contributed by atoms with Gasteiger partial charge in [0.25, 0.3) is 0 Å². The Kier molecular flexibility index (Phi) is 8.64. The Bertz CT molecular complexity index is 1160. The van der Waals surface area contributed by atoms with Gasteiger partial charge in [0, 0.05) is 61.5 Å². The van der Waals surface area contributed by atoms with Gasteiger partial charge in [0.1, 0.15) is 22.3 Å². The molecule has 0 bridgehead atoms. The third-order valence-corrected chi connectivity index (χ3v) is 7.45. The number of aryl methyl sites for hydroxylation is 1. The average Bonchev–Trinajstić information content (AvgIpc) is 3.17. The number of halogens is 1. The summed E-state index contributed by atoms with van der Waals surface area (Å²) in [6, 6.07) is 0. The summed E-state index contributed by atoms with van der Waals surface area (Å²) in [5.41, 5.74) is 9.46. The van der Waals surface area contributed by atoms with Gasteiger partial charge in [0.2, 0.25) is 5.95 Å². The summed E-state index contributed by atoms with van der Waals surface area (Å²) >= 11 is 6.62. The standard InChI is InChI=1S/C27H40ClN7O3/c1-17-13-30-20(18(2)23(17)37-6)15-35-14-19(22-24(28)31-26(29)32-25(22)35)7-8-33-9-11-34(12-10-33)16-21(36)38-27(3,4)5/h13,19H,7-12,14-16H2,1-6H3,(H2,29,31,32)/t19-/m0/s1. The van der Waals surface area contributed by atoms with Crippen molar-refractivity contribution < 1.29 is 14.3 Å². The molecule has 1 fully saturated rings. The molecular formula is C27H40ClN7O3. The molecule has 0 saturated carbocycles. The van der Waals surface area contributed by atoms with E-state index in [1.54, 1.807) is 7.11 Å². The van der Waals surface area contributed by atoms with Crippen molar-refractivity contribution in [2.45, 2.75) is 59.1 Å². The van der Waals surface area contributed by atoms with Gasteiger partial charge in [0.05, 0.1) is 25.9 Å². The highest BCUT2D eigenvalue weighted by Gasteiger charge is 2.34. The van der Waals surface area contributed by atoms with Gasteiger partial charge in [-0.15, -0.1) is 0 Å². The van der Waals surface area contributed by atoms with Crippen molar-refractivity contribution >= 4 is 29.3 Å². The molecule has 0 amide bonds. The number of esters is 1. The molecule has 2 aromatic rings. The van der Waals surface area contributed by atoms with E-state index in [0.29, 0.717) is 18.2 Å². The van der Waals surface area contributed by atoms with Crippen LogP contribution in [0.25, 0.3) is 0 Å². The number of nitrogens with two attached hydrogens (primary N) is 1. The van der Waals surface area contributed by atoms with Crippen molar-refractivity contribution in [3.8, 4) is 5.75 Å². The number of aromatic nitrogens is 3. The van der Waals surface area contributed by atoms with Gasteiger partial charge in [-0.2, -0.15) is 4.98 Å². The SMILES string of the molecule is COc1c(C)cnc(CN2C[C@H](CCN3CCN(CC(=O)OC(C)(C)C)CC3)c3c(Cl)nc(N)nc32)c1C. The first kappa shape index (κ1) is 28.3. The highest BCUT2D eigenvalue weighted by atomic mass is 35.5. The van der Waals surface area contributed by atoms with E-state index in [4.69, 9.17) is 26.8 Å². The van der Waals surface area contributed by atoms with Crippen LogP contribution in [0.3, 0.4) is 0 Å². The van der Waals surface area contributed by atoms with E-state index in [-0.39, 0.29) is 17.8 Å². The highest BCUT2D eigenvalue weighted by molar-refractivity contribution is 6.30. The second-order valence-electron chi connectivity index (χ2n) is 11.2. The van der Waals surface area contributed by atoms with Gasteiger partial charge in [-0.25, -0.2) is 4.98 Å². The van der Waals surface area contributed by atoms with Crippen molar-refractivity contribution in [2.75, 3.05) is 63.6 Å². The minimum Gasteiger partial charge on any atom is -0.496 e. The highest BCUT2D eigenvalue weighted by Crippen LogP contribution is 2.42. The molecule has 208 valence electrons. The molecule has 1 atom stereocenters. The van der Waals surface area contributed by atoms with Crippen LogP contribution in [0, 0.1) is 13.8 Å². The molecule has 10 nitrogen and oxygen atoms in total. The minimum atomic E-state index is -0.458. The largest absolute Gasteiger partial charge is 0.496 e. The van der Waals surface area contributed by atoms with Crippen LogP contribution >= 0.6 is 11.6 Å². The van der Waals surface area contributed by atoms with E-state index < -0.39 is 5.60 Å². The fourth-order valence-electron chi connectivity index (χ4n) is 5.33. The number of rotatable bonds is 8. The number of hydrogen-bond donors (Lipinski definition) is 1. The molecule has 0 spiro atoms. The minimum absolute atomic E-state index is 0.168. The lowest BCUT2D eigenvalue weighted by molar-refractivity contribution is -0.156. The molecule has 2 aromatic heterocycles. The number of piperazine rings is 1. The first-order valence-corrected chi connectivity index (χ1v) is 13.6. The zero-order chi connectivity index (χ0) is 27.6. The molecule has 4 heterocycles. The predicted octanol–water partition coefficient (Wildman–Crippen LogP) is 3.19. The number of carbonyl (C=O) groups is 1. The van der Waals surface area contributed by atoms with E-state index >= 15 is 0 Å². The number of anilines is 2. The maximum atomic E-state index is 12.2. The molecule has 38 heavy (non-hydrogen) atoms. The van der Waals surface area contributed by atoms with Crippen molar-refractivity contribution in [2.24, 2.45) is 0 Å². The van der Waals surface area contributed by atoms with Crippen molar-refractivity contribution in [1.82, 2.24) is 24.8 Å². The van der Waals surface area contributed by atoms with Crippen molar-refractivity contribution in [1.29, 1.82) is 0 Å². The van der Waals surface area contributed by atoms with Crippen LogP contribution in [0.15, 0.2) is 6.20 Å². The summed E-state index contributed by atoms with van der Waals surface area (Å²) < 4.78 is 11.1. The molecule has 0 aliphatic carbocycles. The number of hydrogen-bond acceptors (Lipinski definition) is 10. The van der Waals surface area contributed by atoms with E-state index in [1.807, 2.05) is 40.8 Å². The molecule has 0 unspecified atom stereocenters. The Morgan fingerprint density at radius 3 is 2.50 bits per heavy atom. The zero-order valence-electron chi connectivity index (χ0n) is 23.4. The fourth-order valence-corrected chi connectivity index (χ4v) is 5.66. The molecule has 2 N–H and O–H groups in total. The molecular weight excluding hydrogens is 506 g/mol. The molecule has 2 aliphatic rings. The van der Waals surface area contributed by atoms with Gasteiger partial charge >= 0.3 is 5.97 Å². The van der Waals surface area contributed by atoms with E-state index in [9.17, 15) is 4.79 Å². The van der Waals surface area contributed by atoms with Crippen LogP contribution in [0.5, 0.6) is 5.75 Å². The fraction of sp³-hybridized carbons (Fsp3) is 0.630. The third-order valence-electron chi connectivity index (χ3n) is 7.17. The summed E-state index contributed by atoms with van der Waals surface area (Å²) in [4.78, 5) is 32.5. The number of nitrogens with zero attached hydrogens (tertiary/aromatic N) is 6. The first-order valence-electron chi connectivity index (χ1n) is 13.2. The number of nitrogen functional groups attached to an aromatic ring is 1. The summed E-state index contributed by atoms with van der Waals surface area (Å²) in [7, 11) is 1.69. The Morgan fingerprint density at radius 1 is 1.16 bits per heavy atom. The van der Waals surface area contributed by atoms with Crippen molar-refractivity contribution in [3.63, 3.8) is 0 Å². The van der Waals surface area contributed by atoms with Gasteiger partial charge < -0.3 is 25.0 Å². The number of fused-ring (bicyclic) bond motifs is 1. The molecule has 2 aliphatic heterocycles. The van der Waals surface area contributed by atoms with Crippen LogP contribution in [-0.4, -0.2) is 89.2 Å². The van der Waals surface area contributed by atoms with Gasteiger partial charge in [-0.3, -0.25) is 14.7 Å². The van der Waals surface area contributed by atoms with E-state index in [0.717, 1.165) is 79.6 Å². The Balaban J connectivity index is 1.39. The number of ether oxygens (including phenoxy) is 2. The molecule has 4 rings (SSSR count). The van der Waals surface area contributed by atoms with Gasteiger partial charge in [-0.05, 0) is 47.6 Å². The lowest BCUT2D eigenvalue weighted by Crippen LogP contribution is -2.48. The zero-order valence-corrected chi connectivity index (χ0v) is 24.1. The number of carbonyl (C=O) groups excluding carboxylic acids is 1.